The number of rotatable bonds is 3. The molecule has 1 saturated carbocycles. The number of halogens is 5. The summed E-state index contributed by atoms with van der Waals surface area (Å²) in [5.74, 6) is -2.24. The molecule has 2 amide bonds. The van der Waals surface area contributed by atoms with Crippen LogP contribution < -0.4 is 0 Å². The molecule has 1 aliphatic carbocycles. The van der Waals surface area contributed by atoms with E-state index in [2.05, 4.69) is 10.1 Å². The molecule has 2 saturated heterocycles. The largest absolute Gasteiger partial charge is 0.416 e. The Hall–Kier alpha value is -2.72. The monoisotopic (exact) mass is 456 g/mol. The number of nitrogens with zero attached hydrogens (tertiary/aromatic N) is 4. The minimum absolute atomic E-state index is 0.215. The van der Waals surface area contributed by atoms with Gasteiger partial charge < -0.3 is 14.3 Å². The number of carbonyl (C=O) groups excluding carboxylic acids is 1. The summed E-state index contributed by atoms with van der Waals surface area (Å²) in [6.07, 6.45) is -1.96. The lowest BCUT2D eigenvalue weighted by atomic mass is 9.84. The first-order chi connectivity index (χ1) is 15.1. The number of likely N-dealkylation sites (tertiary alicyclic amines) is 2. The van der Waals surface area contributed by atoms with Gasteiger partial charge in [-0.2, -0.15) is 18.2 Å². The zero-order valence-electron chi connectivity index (χ0n) is 17.0. The van der Waals surface area contributed by atoms with Gasteiger partial charge in [0.25, 0.3) is 5.92 Å². The average molecular weight is 456 g/mol. The lowest BCUT2D eigenvalue weighted by molar-refractivity contribution is -0.137. The van der Waals surface area contributed by atoms with Crippen molar-refractivity contribution in [2.75, 3.05) is 26.2 Å². The highest BCUT2D eigenvalue weighted by Crippen LogP contribution is 2.41. The van der Waals surface area contributed by atoms with Crippen molar-refractivity contribution < 1.29 is 31.3 Å². The summed E-state index contributed by atoms with van der Waals surface area (Å²) in [5.41, 5.74) is -0.119. The Morgan fingerprint density at radius 2 is 1.66 bits per heavy atom. The molecule has 3 aliphatic rings. The molecule has 172 valence electrons. The van der Waals surface area contributed by atoms with E-state index in [1.807, 2.05) is 0 Å². The number of alkyl halides is 5. The minimum atomic E-state index is -4.44. The molecule has 2 unspecified atom stereocenters. The van der Waals surface area contributed by atoms with E-state index in [-0.39, 0.29) is 30.8 Å². The average Bonchev–Trinajstić information content (AvgIpc) is 3.47. The van der Waals surface area contributed by atoms with Gasteiger partial charge in [-0.3, -0.25) is 0 Å². The molecular formula is C21H21F5N4O2. The first-order valence-electron chi connectivity index (χ1n) is 10.5. The summed E-state index contributed by atoms with van der Waals surface area (Å²) < 4.78 is 70.8. The Labute approximate surface area is 180 Å². The number of hydrogen-bond donors (Lipinski definition) is 0. The van der Waals surface area contributed by atoms with Crippen molar-refractivity contribution in [1.82, 2.24) is 19.9 Å². The smallest absolute Gasteiger partial charge is 0.339 e. The molecule has 1 aromatic carbocycles. The number of urea groups is 1. The molecule has 0 radical (unpaired) electrons. The molecule has 1 aromatic heterocycles. The maximum atomic E-state index is 13.3. The Morgan fingerprint density at radius 1 is 1.00 bits per heavy atom. The quantitative estimate of drug-likeness (QED) is 0.633. The van der Waals surface area contributed by atoms with Crippen LogP contribution in [0.1, 0.15) is 59.9 Å². The van der Waals surface area contributed by atoms with Crippen LogP contribution in [-0.2, 0) is 6.18 Å². The van der Waals surface area contributed by atoms with Gasteiger partial charge in [-0.05, 0) is 37.0 Å². The van der Waals surface area contributed by atoms with E-state index in [1.165, 1.54) is 17.0 Å². The van der Waals surface area contributed by atoms with E-state index >= 15 is 0 Å². The van der Waals surface area contributed by atoms with Crippen LogP contribution in [0.15, 0.2) is 28.8 Å². The minimum Gasteiger partial charge on any atom is -0.339 e. The van der Waals surface area contributed by atoms with E-state index in [4.69, 9.17) is 4.52 Å². The normalized spacial score (nSPS) is 25.5. The zero-order chi connectivity index (χ0) is 22.7. The molecule has 2 aliphatic heterocycles. The second kappa shape index (κ2) is 7.41. The number of piperidine rings is 1. The molecule has 5 rings (SSSR count). The first kappa shape index (κ1) is 21.1. The Balaban J connectivity index is 1.38. The molecular weight excluding hydrogens is 435 g/mol. The van der Waals surface area contributed by atoms with E-state index in [0.717, 1.165) is 29.9 Å². The van der Waals surface area contributed by atoms with Crippen LogP contribution in [0.3, 0.4) is 0 Å². The fourth-order valence-electron chi connectivity index (χ4n) is 4.39. The van der Waals surface area contributed by atoms with Crippen LogP contribution in [0.5, 0.6) is 0 Å². The van der Waals surface area contributed by atoms with Gasteiger partial charge in [-0.25, -0.2) is 13.6 Å². The highest BCUT2D eigenvalue weighted by molar-refractivity contribution is 5.76. The molecule has 2 aromatic rings. The topological polar surface area (TPSA) is 62.5 Å². The molecule has 2 atom stereocenters. The molecule has 3 fully saturated rings. The Kier molecular flexibility index (Phi) is 4.90. The standard InChI is InChI=1S/C21H21F5N4O2/c22-20(23)10-30(11-20)19(31)29-8-14(12-3-5-16(6-4-12)21(24,25)26)7-15(9-29)18-27-17(28-32-18)13-1-2-13/h3-6,13-15H,1-2,7-11H2. The van der Waals surface area contributed by atoms with Gasteiger partial charge in [0.1, 0.15) is 0 Å². The molecule has 6 nitrogen and oxygen atoms in total. The second-order valence-corrected chi connectivity index (χ2v) is 8.91. The fraction of sp³-hybridized carbons (Fsp3) is 0.571. The van der Waals surface area contributed by atoms with Gasteiger partial charge in [0.15, 0.2) is 5.82 Å². The highest BCUT2D eigenvalue weighted by Gasteiger charge is 2.48. The first-order valence-corrected chi connectivity index (χ1v) is 10.5. The second-order valence-electron chi connectivity index (χ2n) is 8.91. The van der Waals surface area contributed by atoms with Gasteiger partial charge in [0.2, 0.25) is 5.89 Å². The summed E-state index contributed by atoms with van der Waals surface area (Å²) in [6.45, 7) is -0.828. The maximum absolute atomic E-state index is 13.3. The number of benzene rings is 1. The van der Waals surface area contributed by atoms with Crippen molar-refractivity contribution in [1.29, 1.82) is 0 Å². The van der Waals surface area contributed by atoms with Gasteiger partial charge in [-0.15, -0.1) is 0 Å². The predicted molar refractivity (Wildman–Crippen MR) is 101 cm³/mol. The molecule has 11 heteroatoms. The summed E-state index contributed by atoms with van der Waals surface area (Å²) >= 11 is 0. The third-order valence-electron chi connectivity index (χ3n) is 6.29. The summed E-state index contributed by atoms with van der Waals surface area (Å²) in [6, 6.07) is 4.32. The van der Waals surface area contributed by atoms with Crippen LogP contribution >= 0.6 is 0 Å². The molecule has 0 N–H and O–H groups in total. The van der Waals surface area contributed by atoms with Gasteiger partial charge >= 0.3 is 12.2 Å². The Morgan fingerprint density at radius 3 is 2.25 bits per heavy atom. The maximum Gasteiger partial charge on any atom is 0.416 e. The van der Waals surface area contributed by atoms with E-state index in [9.17, 15) is 26.7 Å². The van der Waals surface area contributed by atoms with Gasteiger partial charge in [0, 0.05) is 24.9 Å². The van der Waals surface area contributed by atoms with Crippen molar-refractivity contribution in [3.63, 3.8) is 0 Å². The van der Waals surface area contributed by atoms with Crippen LogP contribution in [0.4, 0.5) is 26.7 Å². The van der Waals surface area contributed by atoms with E-state index in [0.29, 0.717) is 23.7 Å². The SMILES string of the molecule is O=C(N1CC(c2ccc(C(F)(F)F)cc2)CC(c2nc(C3CC3)no2)C1)N1CC(F)(F)C1. The summed E-state index contributed by atoms with van der Waals surface area (Å²) in [7, 11) is 0. The lowest BCUT2D eigenvalue weighted by Gasteiger charge is -2.44. The molecule has 0 bridgehead atoms. The van der Waals surface area contributed by atoms with Crippen LogP contribution in [0.25, 0.3) is 0 Å². The fourth-order valence-corrected chi connectivity index (χ4v) is 4.39. The van der Waals surface area contributed by atoms with Gasteiger partial charge in [0.05, 0.1) is 24.6 Å². The third kappa shape index (κ3) is 4.16. The summed E-state index contributed by atoms with van der Waals surface area (Å²) in [5, 5.41) is 4.02. The Bertz CT molecular complexity index is 994. The van der Waals surface area contributed by atoms with Crippen LogP contribution in [0, 0.1) is 0 Å². The van der Waals surface area contributed by atoms with E-state index in [1.54, 1.807) is 0 Å². The third-order valence-corrected chi connectivity index (χ3v) is 6.29. The molecule has 32 heavy (non-hydrogen) atoms. The van der Waals surface area contributed by atoms with Crippen molar-refractivity contribution in [3.8, 4) is 0 Å². The number of carbonyl (C=O) groups is 1. The van der Waals surface area contributed by atoms with Crippen molar-refractivity contribution in [3.05, 3.63) is 47.1 Å². The number of hydrogen-bond acceptors (Lipinski definition) is 4. The van der Waals surface area contributed by atoms with Gasteiger partial charge in [-0.1, -0.05) is 17.3 Å². The van der Waals surface area contributed by atoms with Crippen molar-refractivity contribution in [2.45, 2.75) is 49.1 Å². The van der Waals surface area contributed by atoms with Crippen molar-refractivity contribution >= 4 is 6.03 Å². The molecule has 0 spiro atoms. The van der Waals surface area contributed by atoms with E-state index < -0.39 is 36.8 Å². The van der Waals surface area contributed by atoms with Crippen molar-refractivity contribution in [2.24, 2.45) is 0 Å². The predicted octanol–water partition coefficient (Wildman–Crippen LogP) is 4.61. The zero-order valence-corrected chi connectivity index (χ0v) is 17.0. The lowest BCUT2D eigenvalue weighted by Crippen LogP contribution is -2.62. The van der Waals surface area contributed by atoms with Crippen LogP contribution in [0.2, 0.25) is 0 Å². The number of aromatic nitrogens is 2. The highest BCUT2D eigenvalue weighted by atomic mass is 19.4. The number of amides is 2. The summed E-state index contributed by atoms with van der Waals surface area (Å²) in [4.78, 5) is 19.8. The molecule has 3 heterocycles. The van der Waals surface area contributed by atoms with Crippen LogP contribution in [-0.4, -0.2) is 58.1 Å².